The molecule has 1 aliphatic heterocycles. The number of methoxy groups -OCH3 is 1. The van der Waals surface area contributed by atoms with Crippen LogP contribution in [0.2, 0.25) is 0 Å². The zero-order chi connectivity index (χ0) is 12.3. The minimum absolute atomic E-state index is 0.0659. The largest absolute Gasteiger partial charge is 0.380 e. The van der Waals surface area contributed by atoms with Crippen LogP contribution in [0.3, 0.4) is 0 Å². The van der Waals surface area contributed by atoms with Crippen LogP contribution >= 0.6 is 0 Å². The van der Waals surface area contributed by atoms with Gasteiger partial charge in [-0.1, -0.05) is 12.8 Å². The fourth-order valence-corrected chi connectivity index (χ4v) is 2.98. The van der Waals surface area contributed by atoms with Crippen LogP contribution in [-0.2, 0) is 9.53 Å². The lowest BCUT2D eigenvalue weighted by Gasteiger charge is -2.22. The normalized spacial score (nSPS) is 31.6. The van der Waals surface area contributed by atoms with Crippen LogP contribution in [0.1, 0.15) is 39.0 Å². The van der Waals surface area contributed by atoms with Crippen LogP contribution in [-0.4, -0.2) is 37.7 Å². The summed E-state index contributed by atoms with van der Waals surface area (Å²) >= 11 is 0. The molecule has 1 saturated heterocycles. The molecule has 1 amide bonds. The lowest BCUT2D eigenvalue weighted by atomic mass is 9.99. The van der Waals surface area contributed by atoms with Crippen molar-refractivity contribution in [1.82, 2.24) is 10.6 Å². The van der Waals surface area contributed by atoms with Gasteiger partial charge in [0.1, 0.15) is 0 Å². The summed E-state index contributed by atoms with van der Waals surface area (Å²) in [6.07, 6.45) is 6.14. The highest BCUT2D eigenvalue weighted by atomic mass is 16.5. The second-order valence-corrected chi connectivity index (χ2v) is 5.40. The van der Waals surface area contributed by atoms with E-state index in [0.29, 0.717) is 12.0 Å². The van der Waals surface area contributed by atoms with E-state index in [1.54, 1.807) is 7.11 Å². The predicted octanol–water partition coefficient (Wildman–Crippen LogP) is 1.06. The zero-order valence-corrected chi connectivity index (χ0v) is 10.9. The van der Waals surface area contributed by atoms with Gasteiger partial charge in [-0.2, -0.15) is 0 Å². The van der Waals surface area contributed by atoms with Crippen molar-refractivity contribution in [3.05, 3.63) is 0 Å². The Kier molecular flexibility index (Phi) is 4.40. The first-order chi connectivity index (χ1) is 8.20. The SMILES string of the molecule is COC1CNC(C(=O)NC(C)C2CCCC2)C1. The molecule has 3 atom stereocenters. The van der Waals surface area contributed by atoms with E-state index in [4.69, 9.17) is 4.74 Å². The molecule has 4 nitrogen and oxygen atoms in total. The van der Waals surface area contributed by atoms with Crippen molar-refractivity contribution >= 4 is 5.91 Å². The minimum Gasteiger partial charge on any atom is -0.380 e. The average Bonchev–Trinajstić information content (AvgIpc) is 3.00. The molecule has 3 unspecified atom stereocenters. The number of nitrogens with one attached hydrogen (secondary N) is 2. The summed E-state index contributed by atoms with van der Waals surface area (Å²) < 4.78 is 5.25. The molecule has 2 fully saturated rings. The Morgan fingerprint density at radius 3 is 2.71 bits per heavy atom. The molecule has 0 aromatic carbocycles. The molecule has 0 radical (unpaired) electrons. The van der Waals surface area contributed by atoms with Crippen LogP contribution in [0.4, 0.5) is 0 Å². The van der Waals surface area contributed by atoms with Crippen LogP contribution in [0.15, 0.2) is 0 Å². The number of hydrogen-bond acceptors (Lipinski definition) is 3. The molecular weight excluding hydrogens is 216 g/mol. The standard InChI is InChI=1S/C13H24N2O2/c1-9(10-5-3-4-6-10)15-13(16)12-7-11(17-2)8-14-12/h9-12,14H,3-8H2,1-2H3,(H,15,16). The highest BCUT2D eigenvalue weighted by Gasteiger charge is 2.31. The van der Waals surface area contributed by atoms with Crippen molar-refractivity contribution in [2.24, 2.45) is 5.92 Å². The van der Waals surface area contributed by atoms with Crippen molar-refractivity contribution in [2.75, 3.05) is 13.7 Å². The Labute approximate surface area is 103 Å². The van der Waals surface area contributed by atoms with Gasteiger partial charge in [-0.05, 0) is 32.1 Å². The van der Waals surface area contributed by atoms with Gasteiger partial charge in [-0.25, -0.2) is 0 Å². The van der Waals surface area contributed by atoms with Gasteiger partial charge in [-0.3, -0.25) is 4.79 Å². The van der Waals surface area contributed by atoms with Crippen molar-refractivity contribution < 1.29 is 9.53 Å². The van der Waals surface area contributed by atoms with Crippen molar-refractivity contribution in [3.8, 4) is 0 Å². The molecule has 1 heterocycles. The summed E-state index contributed by atoms with van der Waals surface area (Å²) in [5, 5.41) is 6.37. The van der Waals surface area contributed by atoms with Crippen LogP contribution < -0.4 is 10.6 Å². The van der Waals surface area contributed by atoms with Crippen LogP contribution in [0.5, 0.6) is 0 Å². The van der Waals surface area contributed by atoms with Crippen LogP contribution in [0, 0.1) is 5.92 Å². The van der Waals surface area contributed by atoms with Crippen molar-refractivity contribution in [3.63, 3.8) is 0 Å². The fraction of sp³-hybridized carbons (Fsp3) is 0.923. The topological polar surface area (TPSA) is 50.4 Å². The first-order valence-corrected chi connectivity index (χ1v) is 6.77. The molecule has 2 rings (SSSR count). The van der Waals surface area contributed by atoms with Gasteiger partial charge in [0.05, 0.1) is 12.1 Å². The average molecular weight is 240 g/mol. The third-order valence-electron chi connectivity index (χ3n) is 4.22. The predicted molar refractivity (Wildman–Crippen MR) is 66.8 cm³/mol. The van der Waals surface area contributed by atoms with E-state index < -0.39 is 0 Å². The molecule has 0 aromatic rings. The van der Waals surface area contributed by atoms with E-state index in [9.17, 15) is 4.79 Å². The van der Waals surface area contributed by atoms with Gasteiger partial charge in [0.25, 0.3) is 0 Å². The molecule has 1 saturated carbocycles. The minimum atomic E-state index is -0.0659. The summed E-state index contributed by atoms with van der Waals surface area (Å²) in [5.74, 6) is 0.822. The van der Waals surface area contributed by atoms with E-state index in [2.05, 4.69) is 17.6 Å². The van der Waals surface area contributed by atoms with Gasteiger partial charge in [-0.15, -0.1) is 0 Å². The van der Waals surface area contributed by atoms with Gasteiger partial charge in [0.2, 0.25) is 5.91 Å². The van der Waals surface area contributed by atoms with Gasteiger partial charge >= 0.3 is 0 Å². The number of carbonyl (C=O) groups is 1. The second-order valence-electron chi connectivity index (χ2n) is 5.40. The van der Waals surface area contributed by atoms with E-state index in [-0.39, 0.29) is 18.1 Å². The summed E-state index contributed by atoms with van der Waals surface area (Å²) in [5.41, 5.74) is 0. The highest BCUT2D eigenvalue weighted by Crippen LogP contribution is 2.27. The highest BCUT2D eigenvalue weighted by molar-refractivity contribution is 5.82. The van der Waals surface area contributed by atoms with Crippen molar-refractivity contribution in [2.45, 2.75) is 57.2 Å². The summed E-state index contributed by atoms with van der Waals surface area (Å²) in [6.45, 7) is 2.92. The summed E-state index contributed by atoms with van der Waals surface area (Å²) in [7, 11) is 1.70. The molecule has 2 aliphatic rings. The number of amides is 1. The van der Waals surface area contributed by atoms with E-state index >= 15 is 0 Å². The lowest BCUT2D eigenvalue weighted by molar-refractivity contribution is -0.123. The van der Waals surface area contributed by atoms with Gasteiger partial charge in [0, 0.05) is 19.7 Å². The maximum absolute atomic E-state index is 12.0. The van der Waals surface area contributed by atoms with Gasteiger partial charge < -0.3 is 15.4 Å². The van der Waals surface area contributed by atoms with Gasteiger partial charge in [0.15, 0.2) is 0 Å². The molecule has 4 heteroatoms. The maximum atomic E-state index is 12.0. The van der Waals surface area contributed by atoms with Crippen LogP contribution in [0.25, 0.3) is 0 Å². The van der Waals surface area contributed by atoms with E-state index in [0.717, 1.165) is 13.0 Å². The van der Waals surface area contributed by atoms with Crippen molar-refractivity contribution in [1.29, 1.82) is 0 Å². The molecule has 0 spiro atoms. The summed E-state index contributed by atoms with van der Waals surface area (Å²) in [6, 6.07) is 0.247. The Morgan fingerprint density at radius 1 is 1.41 bits per heavy atom. The van der Waals surface area contributed by atoms with E-state index in [1.165, 1.54) is 25.7 Å². The smallest absolute Gasteiger partial charge is 0.237 e. The first-order valence-electron chi connectivity index (χ1n) is 6.77. The number of rotatable bonds is 4. The zero-order valence-electron chi connectivity index (χ0n) is 10.9. The quantitative estimate of drug-likeness (QED) is 0.772. The van der Waals surface area contributed by atoms with E-state index in [1.807, 2.05) is 0 Å². The fourth-order valence-electron chi connectivity index (χ4n) is 2.98. The molecule has 98 valence electrons. The Morgan fingerprint density at radius 2 is 2.12 bits per heavy atom. The second kappa shape index (κ2) is 5.83. The third kappa shape index (κ3) is 3.19. The molecular formula is C13H24N2O2. The molecule has 0 bridgehead atoms. The Balaban J connectivity index is 1.76. The molecule has 0 aromatic heterocycles. The third-order valence-corrected chi connectivity index (χ3v) is 4.22. The number of carbonyl (C=O) groups excluding carboxylic acids is 1. The monoisotopic (exact) mass is 240 g/mol. The Bertz CT molecular complexity index is 264. The number of hydrogen-bond donors (Lipinski definition) is 2. The maximum Gasteiger partial charge on any atom is 0.237 e. The number of ether oxygens (including phenoxy) is 1. The first kappa shape index (κ1) is 12.8. The molecule has 1 aliphatic carbocycles. The molecule has 17 heavy (non-hydrogen) atoms. The lowest BCUT2D eigenvalue weighted by Crippen LogP contribution is -2.46. The summed E-state index contributed by atoms with van der Waals surface area (Å²) in [4.78, 5) is 12.0. The molecule has 2 N–H and O–H groups in total. The Hall–Kier alpha value is -0.610.